The number of hydrogen-bond donors (Lipinski definition) is 0. The van der Waals surface area contributed by atoms with Crippen LogP contribution in [0.4, 0.5) is 8.78 Å². The normalized spacial score (nSPS) is 19.1. The molecular weight excluding hydrogens is 382 g/mol. The molecule has 1 heterocycles. The number of ether oxygens (including phenoxy) is 2. The van der Waals surface area contributed by atoms with Gasteiger partial charge in [0.1, 0.15) is 11.6 Å². The Kier molecular flexibility index (Phi) is 6.56. The Morgan fingerprint density at radius 1 is 0.933 bits per heavy atom. The molecule has 1 aliphatic heterocycles. The third-order valence-electron chi connectivity index (χ3n) is 5.67. The zero-order valence-electron chi connectivity index (χ0n) is 17.0. The van der Waals surface area contributed by atoms with Crippen LogP contribution in [-0.2, 0) is 22.3 Å². The minimum Gasteiger partial charge on any atom is -0.348 e. The molecular formula is C26H26F2O2. The Bertz CT molecular complexity index is 1010. The summed E-state index contributed by atoms with van der Waals surface area (Å²) in [7, 11) is 0. The molecule has 0 amide bonds. The molecule has 1 saturated heterocycles. The van der Waals surface area contributed by atoms with Crippen molar-refractivity contribution in [2.75, 3.05) is 13.2 Å². The van der Waals surface area contributed by atoms with Crippen LogP contribution in [0.25, 0.3) is 10.8 Å². The second-order valence-electron chi connectivity index (χ2n) is 7.88. The largest absolute Gasteiger partial charge is 0.348 e. The van der Waals surface area contributed by atoms with Gasteiger partial charge in [0.25, 0.3) is 0 Å². The van der Waals surface area contributed by atoms with Crippen LogP contribution in [0.2, 0.25) is 0 Å². The molecule has 0 N–H and O–H groups in total. The second kappa shape index (κ2) is 9.50. The monoisotopic (exact) mass is 408 g/mol. The molecule has 30 heavy (non-hydrogen) atoms. The molecule has 3 aromatic rings. The highest BCUT2D eigenvalue weighted by atomic mass is 19.1. The van der Waals surface area contributed by atoms with Gasteiger partial charge in [-0.15, -0.1) is 6.58 Å². The summed E-state index contributed by atoms with van der Waals surface area (Å²) in [5.74, 6) is -0.0680. The van der Waals surface area contributed by atoms with Gasteiger partial charge in [0.05, 0.1) is 13.2 Å². The van der Waals surface area contributed by atoms with Crippen molar-refractivity contribution in [3.63, 3.8) is 0 Å². The second-order valence-corrected chi connectivity index (χ2v) is 7.88. The van der Waals surface area contributed by atoms with Crippen molar-refractivity contribution in [2.45, 2.75) is 32.0 Å². The maximum absolute atomic E-state index is 15.0. The highest BCUT2D eigenvalue weighted by molar-refractivity contribution is 5.84. The lowest BCUT2D eigenvalue weighted by Crippen LogP contribution is -2.27. The van der Waals surface area contributed by atoms with E-state index in [0.29, 0.717) is 42.9 Å². The average Bonchev–Trinajstić information content (AvgIpc) is 2.78. The molecule has 0 atom stereocenters. The third-order valence-corrected chi connectivity index (χ3v) is 5.67. The zero-order valence-corrected chi connectivity index (χ0v) is 17.0. The maximum Gasteiger partial charge on any atom is 0.183 e. The highest BCUT2D eigenvalue weighted by Crippen LogP contribution is 2.30. The molecule has 0 aromatic heterocycles. The fourth-order valence-electron chi connectivity index (χ4n) is 3.88. The molecule has 2 nitrogen and oxygen atoms in total. The van der Waals surface area contributed by atoms with Gasteiger partial charge in [0.2, 0.25) is 0 Å². The molecule has 0 saturated carbocycles. The van der Waals surface area contributed by atoms with Gasteiger partial charge in [0.15, 0.2) is 6.29 Å². The van der Waals surface area contributed by atoms with Crippen LogP contribution in [0.15, 0.2) is 67.3 Å². The van der Waals surface area contributed by atoms with E-state index in [1.807, 2.05) is 30.3 Å². The summed E-state index contributed by atoms with van der Waals surface area (Å²) in [6.07, 6.45) is 4.71. The first-order valence-electron chi connectivity index (χ1n) is 10.4. The number of benzene rings is 3. The highest BCUT2D eigenvalue weighted by Gasteiger charge is 2.23. The van der Waals surface area contributed by atoms with Gasteiger partial charge in [-0.05, 0) is 60.4 Å². The van der Waals surface area contributed by atoms with Crippen LogP contribution in [0.5, 0.6) is 0 Å². The lowest BCUT2D eigenvalue weighted by atomic mass is 9.98. The number of hydrogen-bond acceptors (Lipinski definition) is 2. The van der Waals surface area contributed by atoms with E-state index in [4.69, 9.17) is 9.47 Å². The molecule has 156 valence electrons. The molecule has 3 aromatic carbocycles. The standard InChI is InChI=1S/C26H26F2O2/c1-2-3-4-19-16-29-26(30-17-19)22-11-14-24-21(15-22)10-9-20(25(24)28)8-5-18-6-12-23(27)13-7-18/h2,6-7,9-15,19,26H,1,3-5,8,16-17H2. The van der Waals surface area contributed by atoms with Crippen molar-refractivity contribution >= 4 is 10.8 Å². The van der Waals surface area contributed by atoms with E-state index in [2.05, 4.69) is 6.58 Å². The van der Waals surface area contributed by atoms with Crippen LogP contribution < -0.4 is 0 Å². The molecule has 4 heteroatoms. The number of aryl methyl sites for hydroxylation is 2. The first-order chi connectivity index (χ1) is 14.6. The minimum absolute atomic E-state index is 0.198. The van der Waals surface area contributed by atoms with E-state index >= 15 is 4.39 Å². The molecule has 1 aliphatic rings. The Morgan fingerprint density at radius 3 is 2.43 bits per heavy atom. The summed E-state index contributed by atoms with van der Waals surface area (Å²) in [5, 5.41) is 1.42. The van der Waals surface area contributed by atoms with E-state index in [1.165, 1.54) is 12.1 Å². The third kappa shape index (κ3) is 4.77. The fourth-order valence-corrected chi connectivity index (χ4v) is 3.88. The first kappa shape index (κ1) is 20.7. The number of fused-ring (bicyclic) bond motifs is 1. The van der Waals surface area contributed by atoms with Gasteiger partial charge in [-0.25, -0.2) is 8.78 Å². The fraction of sp³-hybridized carbons (Fsp3) is 0.308. The van der Waals surface area contributed by atoms with E-state index in [0.717, 1.165) is 29.4 Å². The van der Waals surface area contributed by atoms with Crippen LogP contribution in [0, 0.1) is 17.6 Å². The van der Waals surface area contributed by atoms with E-state index in [-0.39, 0.29) is 11.6 Å². The van der Waals surface area contributed by atoms with Crippen molar-refractivity contribution in [2.24, 2.45) is 5.92 Å². The van der Waals surface area contributed by atoms with Crippen LogP contribution >= 0.6 is 0 Å². The maximum atomic E-state index is 15.0. The number of rotatable bonds is 7. The first-order valence-corrected chi connectivity index (χ1v) is 10.4. The van der Waals surface area contributed by atoms with E-state index < -0.39 is 6.29 Å². The van der Waals surface area contributed by atoms with Gasteiger partial charge in [-0.1, -0.05) is 42.5 Å². The smallest absolute Gasteiger partial charge is 0.183 e. The van der Waals surface area contributed by atoms with Crippen molar-refractivity contribution < 1.29 is 18.3 Å². The molecule has 0 unspecified atom stereocenters. The van der Waals surface area contributed by atoms with E-state index in [9.17, 15) is 4.39 Å². The van der Waals surface area contributed by atoms with Crippen molar-refractivity contribution in [1.29, 1.82) is 0 Å². The lowest BCUT2D eigenvalue weighted by Gasteiger charge is -2.29. The number of allylic oxidation sites excluding steroid dienone is 1. The topological polar surface area (TPSA) is 18.5 Å². The molecule has 0 bridgehead atoms. The molecule has 0 radical (unpaired) electrons. The van der Waals surface area contributed by atoms with Crippen LogP contribution in [-0.4, -0.2) is 13.2 Å². The van der Waals surface area contributed by atoms with Crippen LogP contribution in [0.3, 0.4) is 0 Å². The predicted octanol–water partition coefficient (Wildman–Crippen LogP) is 6.53. The Hall–Kier alpha value is -2.56. The Labute approximate surface area is 176 Å². The van der Waals surface area contributed by atoms with Gasteiger partial charge in [0, 0.05) is 16.9 Å². The summed E-state index contributed by atoms with van der Waals surface area (Å²) in [4.78, 5) is 0. The molecule has 4 rings (SSSR count). The summed E-state index contributed by atoms with van der Waals surface area (Å²) >= 11 is 0. The summed E-state index contributed by atoms with van der Waals surface area (Å²) < 4.78 is 39.9. The Morgan fingerprint density at radius 2 is 1.70 bits per heavy atom. The minimum atomic E-state index is -0.407. The van der Waals surface area contributed by atoms with Crippen molar-refractivity contribution in [1.82, 2.24) is 0 Å². The van der Waals surface area contributed by atoms with Crippen molar-refractivity contribution in [3.8, 4) is 0 Å². The summed E-state index contributed by atoms with van der Waals surface area (Å²) in [6.45, 7) is 5.07. The van der Waals surface area contributed by atoms with Gasteiger partial charge in [-0.2, -0.15) is 0 Å². The SMILES string of the molecule is C=CCCC1COC(c2ccc3c(F)c(CCc4ccc(F)cc4)ccc3c2)OC1. The summed E-state index contributed by atoms with van der Waals surface area (Å²) in [5.41, 5.74) is 2.56. The lowest BCUT2D eigenvalue weighted by molar-refractivity contribution is -0.205. The van der Waals surface area contributed by atoms with E-state index in [1.54, 1.807) is 18.2 Å². The quantitative estimate of drug-likeness (QED) is 0.414. The molecule has 0 aliphatic carbocycles. The van der Waals surface area contributed by atoms with Gasteiger partial charge in [-0.3, -0.25) is 0 Å². The molecule has 1 fully saturated rings. The number of halogens is 2. The predicted molar refractivity (Wildman–Crippen MR) is 115 cm³/mol. The zero-order chi connectivity index (χ0) is 20.9. The van der Waals surface area contributed by atoms with Crippen molar-refractivity contribution in [3.05, 3.63) is 95.6 Å². The van der Waals surface area contributed by atoms with Gasteiger partial charge >= 0.3 is 0 Å². The molecule has 0 spiro atoms. The summed E-state index contributed by atoms with van der Waals surface area (Å²) in [6, 6.07) is 15.8. The Balaban J connectivity index is 1.44. The average molecular weight is 408 g/mol. The van der Waals surface area contributed by atoms with Gasteiger partial charge < -0.3 is 9.47 Å². The van der Waals surface area contributed by atoms with Crippen LogP contribution in [0.1, 0.15) is 35.8 Å².